The van der Waals surface area contributed by atoms with Gasteiger partial charge in [-0.05, 0) is 47.9 Å². The molecule has 0 bridgehead atoms. The van der Waals surface area contributed by atoms with Crippen molar-refractivity contribution in [3.05, 3.63) is 59.2 Å². The van der Waals surface area contributed by atoms with Crippen LogP contribution in [-0.4, -0.2) is 47.9 Å². The number of benzene rings is 2. The fraction of sp³-hybridized carbons (Fsp3) is 0.286. The number of nitrogens with zero attached hydrogens (tertiary/aromatic N) is 3. The summed E-state index contributed by atoms with van der Waals surface area (Å²) in [6.45, 7) is 2.22. The molecule has 1 N–H and O–H groups in total. The Balaban J connectivity index is 1.84. The van der Waals surface area contributed by atoms with E-state index in [-0.39, 0.29) is 18.6 Å². The molecule has 0 spiro atoms. The number of likely N-dealkylation sites (tertiary alicyclic amines) is 1. The Morgan fingerprint density at radius 1 is 1.33 bits per heavy atom. The van der Waals surface area contributed by atoms with E-state index in [1.54, 1.807) is 23.1 Å². The number of hydrogen-bond acceptors (Lipinski definition) is 5. The van der Waals surface area contributed by atoms with Crippen molar-refractivity contribution >= 4 is 11.6 Å². The molecule has 0 aliphatic carbocycles. The Labute approximate surface area is 158 Å². The molecule has 2 aromatic carbocycles. The van der Waals surface area contributed by atoms with Gasteiger partial charge >= 0.3 is 0 Å². The van der Waals surface area contributed by atoms with Crippen LogP contribution in [0.4, 0.5) is 0 Å². The molecular weight excluding hydrogens is 342 g/mol. The van der Waals surface area contributed by atoms with Crippen molar-refractivity contribution < 1.29 is 14.7 Å². The summed E-state index contributed by atoms with van der Waals surface area (Å²) in [4.78, 5) is 19.3. The van der Waals surface area contributed by atoms with Gasteiger partial charge in [0.15, 0.2) is 0 Å². The van der Waals surface area contributed by atoms with Crippen LogP contribution in [-0.2, 0) is 4.84 Å². The zero-order chi connectivity index (χ0) is 19.4. The molecule has 1 heterocycles. The van der Waals surface area contributed by atoms with Crippen LogP contribution in [0, 0.1) is 18.3 Å². The summed E-state index contributed by atoms with van der Waals surface area (Å²) in [7, 11) is 1.47. The summed E-state index contributed by atoms with van der Waals surface area (Å²) in [5.41, 5.74) is 4.87. The Bertz CT molecular complexity index is 913. The number of hydrogen-bond donors (Lipinski definition) is 1. The second-order valence-electron chi connectivity index (χ2n) is 6.53. The van der Waals surface area contributed by atoms with E-state index in [4.69, 9.17) is 10.1 Å². The molecule has 1 atom stereocenters. The van der Waals surface area contributed by atoms with Crippen LogP contribution in [0.2, 0.25) is 0 Å². The molecule has 2 aromatic rings. The maximum atomic E-state index is 12.9. The van der Waals surface area contributed by atoms with Crippen LogP contribution < -0.4 is 0 Å². The minimum absolute atomic E-state index is 0.118. The van der Waals surface area contributed by atoms with Crippen molar-refractivity contribution in [2.45, 2.75) is 19.4 Å². The van der Waals surface area contributed by atoms with E-state index in [2.05, 4.69) is 11.2 Å². The van der Waals surface area contributed by atoms with Crippen molar-refractivity contribution in [1.29, 1.82) is 5.26 Å². The molecule has 3 rings (SSSR count). The molecule has 27 heavy (non-hydrogen) atoms. The first-order valence-electron chi connectivity index (χ1n) is 8.69. The summed E-state index contributed by atoms with van der Waals surface area (Å²) in [6, 6.07) is 14.7. The number of amides is 1. The lowest BCUT2D eigenvalue weighted by Gasteiger charge is -2.22. The molecule has 1 amide bonds. The lowest BCUT2D eigenvalue weighted by molar-refractivity contribution is 0.0680. The van der Waals surface area contributed by atoms with Crippen LogP contribution in [0.5, 0.6) is 0 Å². The minimum atomic E-state index is -0.291. The molecule has 0 aromatic heterocycles. The van der Waals surface area contributed by atoms with Gasteiger partial charge in [0.05, 0.1) is 36.5 Å². The van der Waals surface area contributed by atoms with Crippen molar-refractivity contribution in [2.75, 3.05) is 20.3 Å². The lowest BCUT2D eigenvalue weighted by Crippen LogP contribution is -2.37. The summed E-state index contributed by atoms with van der Waals surface area (Å²) < 4.78 is 0. The van der Waals surface area contributed by atoms with Gasteiger partial charge in [0, 0.05) is 12.0 Å². The topological polar surface area (TPSA) is 85.9 Å². The van der Waals surface area contributed by atoms with Crippen molar-refractivity contribution in [3.63, 3.8) is 0 Å². The first kappa shape index (κ1) is 18.6. The van der Waals surface area contributed by atoms with Gasteiger partial charge in [-0.3, -0.25) is 4.79 Å². The molecule has 1 aliphatic heterocycles. The molecule has 0 unspecified atom stereocenters. The fourth-order valence-electron chi connectivity index (χ4n) is 3.33. The number of carbonyl (C=O) groups is 1. The Hall–Kier alpha value is -3.17. The van der Waals surface area contributed by atoms with Gasteiger partial charge in [0.25, 0.3) is 5.91 Å². The molecule has 1 fully saturated rings. The Kier molecular flexibility index (Phi) is 5.53. The second-order valence-corrected chi connectivity index (χ2v) is 6.53. The SMILES string of the molecule is CO/N=C1/C[C@@H](CO)N(C(=O)c2ccc(-c3cc(C#N)ccc3C)cc2)C1. The number of aryl methyl sites for hydroxylation is 1. The van der Waals surface area contributed by atoms with Gasteiger partial charge < -0.3 is 14.8 Å². The smallest absolute Gasteiger partial charge is 0.254 e. The van der Waals surface area contributed by atoms with E-state index < -0.39 is 0 Å². The van der Waals surface area contributed by atoms with E-state index in [0.29, 0.717) is 24.1 Å². The lowest BCUT2D eigenvalue weighted by atomic mass is 9.97. The number of aliphatic hydroxyl groups excluding tert-OH is 1. The molecule has 0 radical (unpaired) electrons. The number of aliphatic hydroxyl groups is 1. The van der Waals surface area contributed by atoms with Crippen molar-refractivity contribution in [2.24, 2.45) is 5.16 Å². The van der Waals surface area contributed by atoms with Crippen molar-refractivity contribution in [3.8, 4) is 17.2 Å². The third kappa shape index (κ3) is 3.83. The molecule has 6 nitrogen and oxygen atoms in total. The first-order valence-corrected chi connectivity index (χ1v) is 8.69. The second kappa shape index (κ2) is 8.02. The van der Waals surface area contributed by atoms with Gasteiger partial charge in [-0.15, -0.1) is 0 Å². The monoisotopic (exact) mass is 363 g/mol. The van der Waals surface area contributed by atoms with Crippen molar-refractivity contribution in [1.82, 2.24) is 4.90 Å². The quantitative estimate of drug-likeness (QED) is 0.847. The van der Waals surface area contributed by atoms with Crippen LogP contribution in [0.3, 0.4) is 0 Å². The highest BCUT2D eigenvalue weighted by atomic mass is 16.6. The summed E-state index contributed by atoms with van der Waals surface area (Å²) in [5.74, 6) is -0.149. The summed E-state index contributed by atoms with van der Waals surface area (Å²) in [5, 5.41) is 22.6. The third-order valence-corrected chi connectivity index (χ3v) is 4.77. The molecule has 1 aliphatic rings. The van der Waals surface area contributed by atoms with E-state index in [0.717, 1.165) is 22.4 Å². The maximum Gasteiger partial charge on any atom is 0.254 e. The number of nitriles is 1. The van der Waals surface area contributed by atoms with Crippen LogP contribution in [0.15, 0.2) is 47.6 Å². The normalized spacial score (nSPS) is 17.8. The minimum Gasteiger partial charge on any atom is -0.399 e. The predicted molar refractivity (Wildman–Crippen MR) is 102 cm³/mol. The Morgan fingerprint density at radius 3 is 2.70 bits per heavy atom. The highest BCUT2D eigenvalue weighted by molar-refractivity contribution is 6.00. The maximum absolute atomic E-state index is 12.9. The predicted octanol–water partition coefficient (Wildman–Crippen LogP) is 2.74. The van der Waals surface area contributed by atoms with E-state index in [1.807, 2.05) is 31.2 Å². The van der Waals surface area contributed by atoms with Gasteiger partial charge in [-0.1, -0.05) is 23.4 Å². The third-order valence-electron chi connectivity index (χ3n) is 4.77. The number of rotatable bonds is 4. The molecule has 0 saturated carbocycles. The fourth-order valence-corrected chi connectivity index (χ4v) is 3.33. The van der Waals surface area contributed by atoms with Gasteiger partial charge in [0.1, 0.15) is 7.11 Å². The standard InChI is InChI=1S/C21H21N3O3/c1-14-3-4-15(11-22)9-20(14)16-5-7-17(8-6-16)21(26)24-12-18(23-27-2)10-19(24)13-25/h3-9,19,25H,10,12-13H2,1-2H3/b23-18-/t19-/m0/s1. The average molecular weight is 363 g/mol. The van der Waals surface area contributed by atoms with Crippen LogP contribution in [0.1, 0.15) is 27.9 Å². The number of oxime groups is 1. The van der Waals surface area contributed by atoms with Gasteiger partial charge in [0.2, 0.25) is 0 Å². The van der Waals surface area contributed by atoms with Crippen LogP contribution >= 0.6 is 0 Å². The zero-order valence-corrected chi connectivity index (χ0v) is 15.3. The molecule has 6 heteroatoms. The Morgan fingerprint density at radius 2 is 2.07 bits per heavy atom. The highest BCUT2D eigenvalue weighted by Crippen LogP contribution is 2.26. The average Bonchev–Trinajstić information content (AvgIpc) is 3.11. The molecular formula is C21H21N3O3. The number of carbonyl (C=O) groups excluding carboxylic acids is 1. The van der Waals surface area contributed by atoms with Gasteiger partial charge in [-0.2, -0.15) is 5.26 Å². The zero-order valence-electron chi connectivity index (χ0n) is 15.3. The van der Waals surface area contributed by atoms with Gasteiger partial charge in [-0.25, -0.2) is 0 Å². The van der Waals surface area contributed by atoms with Crippen LogP contribution in [0.25, 0.3) is 11.1 Å². The van der Waals surface area contributed by atoms with E-state index in [9.17, 15) is 9.90 Å². The summed E-state index contributed by atoms with van der Waals surface area (Å²) >= 11 is 0. The molecule has 138 valence electrons. The van der Waals surface area contributed by atoms with E-state index >= 15 is 0 Å². The largest absolute Gasteiger partial charge is 0.399 e. The molecule has 1 saturated heterocycles. The first-order chi connectivity index (χ1) is 13.1. The highest BCUT2D eigenvalue weighted by Gasteiger charge is 2.33. The van der Waals surface area contributed by atoms with E-state index in [1.165, 1.54) is 7.11 Å². The summed E-state index contributed by atoms with van der Waals surface area (Å²) in [6.07, 6.45) is 0.508.